The molecule has 0 aliphatic rings. The van der Waals surface area contributed by atoms with E-state index in [0.717, 1.165) is 5.56 Å². The van der Waals surface area contributed by atoms with Gasteiger partial charge in [0.1, 0.15) is 5.69 Å². The SMILES string of the molecule is CNc1ccc(CNCC(C)O)cc1[N+](=O)[O-]. The van der Waals surface area contributed by atoms with E-state index in [9.17, 15) is 10.1 Å². The maximum absolute atomic E-state index is 10.8. The highest BCUT2D eigenvalue weighted by atomic mass is 16.6. The normalized spacial score (nSPS) is 12.2. The van der Waals surface area contributed by atoms with Crippen molar-refractivity contribution in [2.24, 2.45) is 0 Å². The van der Waals surface area contributed by atoms with Gasteiger partial charge in [0.05, 0.1) is 11.0 Å². The molecule has 0 saturated carbocycles. The number of nitro groups is 1. The minimum atomic E-state index is -0.429. The number of nitrogens with zero attached hydrogens (tertiary/aromatic N) is 1. The van der Waals surface area contributed by atoms with Crippen LogP contribution < -0.4 is 10.6 Å². The molecule has 6 nitrogen and oxygen atoms in total. The molecule has 94 valence electrons. The van der Waals surface area contributed by atoms with E-state index in [-0.39, 0.29) is 5.69 Å². The molecule has 0 radical (unpaired) electrons. The fourth-order valence-corrected chi connectivity index (χ4v) is 1.48. The van der Waals surface area contributed by atoms with Gasteiger partial charge in [-0.15, -0.1) is 0 Å². The molecule has 0 spiro atoms. The lowest BCUT2D eigenvalue weighted by atomic mass is 10.1. The third-order valence-electron chi connectivity index (χ3n) is 2.30. The lowest BCUT2D eigenvalue weighted by molar-refractivity contribution is -0.384. The number of hydrogen-bond acceptors (Lipinski definition) is 5. The number of hydrogen-bond donors (Lipinski definition) is 3. The standard InChI is InChI=1S/C11H17N3O3/c1-8(15)6-13-7-9-3-4-10(12-2)11(5-9)14(16)17/h3-5,8,12-13,15H,6-7H2,1-2H3. The first-order chi connectivity index (χ1) is 8.04. The molecule has 1 rings (SSSR count). The van der Waals surface area contributed by atoms with E-state index in [2.05, 4.69) is 10.6 Å². The molecule has 0 aliphatic heterocycles. The summed E-state index contributed by atoms with van der Waals surface area (Å²) in [4.78, 5) is 10.4. The van der Waals surface area contributed by atoms with E-state index in [1.807, 2.05) is 6.07 Å². The summed E-state index contributed by atoms with van der Waals surface area (Å²) in [5.41, 5.74) is 1.37. The molecule has 3 N–H and O–H groups in total. The monoisotopic (exact) mass is 239 g/mol. The molecule has 0 bridgehead atoms. The topological polar surface area (TPSA) is 87.4 Å². The van der Waals surface area contributed by atoms with Gasteiger partial charge < -0.3 is 15.7 Å². The number of nitro benzene ring substituents is 1. The second-order valence-corrected chi connectivity index (χ2v) is 3.84. The van der Waals surface area contributed by atoms with Crippen LogP contribution in [-0.2, 0) is 6.54 Å². The van der Waals surface area contributed by atoms with Gasteiger partial charge in [-0.2, -0.15) is 0 Å². The number of anilines is 1. The molecular formula is C11H17N3O3. The van der Waals surface area contributed by atoms with Crippen LogP contribution >= 0.6 is 0 Å². The van der Waals surface area contributed by atoms with Crippen LogP contribution in [0.2, 0.25) is 0 Å². The van der Waals surface area contributed by atoms with Gasteiger partial charge in [-0.25, -0.2) is 0 Å². The van der Waals surface area contributed by atoms with Crippen molar-refractivity contribution in [1.29, 1.82) is 0 Å². The average molecular weight is 239 g/mol. The average Bonchev–Trinajstić information content (AvgIpc) is 2.28. The largest absolute Gasteiger partial charge is 0.392 e. The van der Waals surface area contributed by atoms with E-state index in [1.165, 1.54) is 6.07 Å². The van der Waals surface area contributed by atoms with Crippen LogP contribution in [0.3, 0.4) is 0 Å². The zero-order valence-corrected chi connectivity index (χ0v) is 9.93. The molecule has 0 aliphatic carbocycles. The van der Waals surface area contributed by atoms with E-state index in [1.54, 1.807) is 20.0 Å². The van der Waals surface area contributed by atoms with Crippen LogP contribution in [0.15, 0.2) is 18.2 Å². The highest BCUT2D eigenvalue weighted by Crippen LogP contribution is 2.24. The molecule has 1 aromatic rings. The van der Waals surface area contributed by atoms with E-state index < -0.39 is 11.0 Å². The minimum Gasteiger partial charge on any atom is -0.392 e. The van der Waals surface area contributed by atoms with Crippen molar-refractivity contribution in [3.05, 3.63) is 33.9 Å². The van der Waals surface area contributed by atoms with Crippen molar-refractivity contribution >= 4 is 11.4 Å². The van der Waals surface area contributed by atoms with Crippen LogP contribution in [0.4, 0.5) is 11.4 Å². The molecule has 1 aromatic carbocycles. The quantitative estimate of drug-likeness (QED) is 0.511. The number of aliphatic hydroxyl groups is 1. The Balaban J connectivity index is 2.74. The summed E-state index contributed by atoms with van der Waals surface area (Å²) in [5, 5.41) is 25.7. The Morgan fingerprint density at radius 1 is 1.53 bits per heavy atom. The second-order valence-electron chi connectivity index (χ2n) is 3.84. The van der Waals surface area contributed by atoms with Crippen LogP contribution in [0.5, 0.6) is 0 Å². The van der Waals surface area contributed by atoms with Crippen molar-refractivity contribution in [2.75, 3.05) is 18.9 Å². The van der Waals surface area contributed by atoms with Crippen LogP contribution in [0.1, 0.15) is 12.5 Å². The van der Waals surface area contributed by atoms with E-state index >= 15 is 0 Å². The number of rotatable bonds is 6. The fourth-order valence-electron chi connectivity index (χ4n) is 1.48. The molecule has 17 heavy (non-hydrogen) atoms. The summed E-state index contributed by atoms with van der Waals surface area (Å²) in [6.45, 7) is 2.64. The van der Waals surface area contributed by atoms with E-state index in [4.69, 9.17) is 5.11 Å². The Morgan fingerprint density at radius 3 is 2.76 bits per heavy atom. The lowest BCUT2D eigenvalue weighted by Gasteiger charge is -2.08. The first kappa shape index (κ1) is 13.4. The molecule has 0 amide bonds. The smallest absolute Gasteiger partial charge is 0.292 e. The lowest BCUT2D eigenvalue weighted by Crippen LogP contribution is -2.23. The summed E-state index contributed by atoms with van der Waals surface area (Å²) in [7, 11) is 1.65. The molecule has 0 aromatic heterocycles. The number of aliphatic hydroxyl groups excluding tert-OH is 1. The summed E-state index contributed by atoms with van der Waals surface area (Å²) in [6.07, 6.45) is -0.429. The highest BCUT2D eigenvalue weighted by Gasteiger charge is 2.13. The molecule has 1 unspecified atom stereocenters. The van der Waals surface area contributed by atoms with Crippen molar-refractivity contribution in [2.45, 2.75) is 19.6 Å². The van der Waals surface area contributed by atoms with Gasteiger partial charge in [0, 0.05) is 26.2 Å². The number of benzene rings is 1. The maximum Gasteiger partial charge on any atom is 0.292 e. The van der Waals surface area contributed by atoms with Crippen LogP contribution in [0.25, 0.3) is 0 Å². The van der Waals surface area contributed by atoms with Crippen molar-refractivity contribution in [1.82, 2.24) is 5.32 Å². The van der Waals surface area contributed by atoms with Gasteiger partial charge in [-0.3, -0.25) is 10.1 Å². The third-order valence-corrected chi connectivity index (χ3v) is 2.30. The van der Waals surface area contributed by atoms with Gasteiger partial charge in [-0.1, -0.05) is 6.07 Å². The summed E-state index contributed by atoms with van der Waals surface area (Å²) in [5.74, 6) is 0. The Bertz CT molecular complexity index is 394. The van der Waals surface area contributed by atoms with Crippen molar-refractivity contribution < 1.29 is 10.0 Å². The second kappa shape index (κ2) is 6.17. The Hall–Kier alpha value is -1.66. The van der Waals surface area contributed by atoms with Gasteiger partial charge in [0.15, 0.2) is 0 Å². The van der Waals surface area contributed by atoms with Crippen LogP contribution in [-0.4, -0.2) is 29.7 Å². The summed E-state index contributed by atoms with van der Waals surface area (Å²) < 4.78 is 0. The van der Waals surface area contributed by atoms with Gasteiger partial charge in [0.25, 0.3) is 5.69 Å². The summed E-state index contributed by atoms with van der Waals surface area (Å²) in [6, 6.07) is 5.02. The van der Waals surface area contributed by atoms with Crippen LogP contribution in [0, 0.1) is 10.1 Å². The highest BCUT2D eigenvalue weighted by molar-refractivity contribution is 5.62. The van der Waals surface area contributed by atoms with Gasteiger partial charge in [0.2, 0.25) is 0 Å². The predicted octanol–water partition coefficient (Wildman–Crippen LogP) is 1.11. The zero-order chi connectivity index (χ0) is 12.8. The van der Waals surface area contributed by atoms with Crippen molar-refractivity contribution in [3.63, 3.8) is 0 Å². The fraction of sp³-hybridized carbons (Fsp3) is 0.455. The Kier molecular flexibility index (Phi) is 4.86. The molecule has 0 saturated heterocycles. The van der Waals surface area contributed by atoms with Crippen molar-refractivity contribution in [3.8, 4) is 0 Å². The Labute approximate surface area is 99.8 Å². The zero-order valence-electron chi connectivity index (χ0n) is 9.93. The first-order valence-electron chi connectivity index (χ1n) is 5.38. The van der Waals surface area contributed by atoms with Gasteiger partial charge in [-0.05, 0) is 18.6 Å². The predicted molar refractivity (Wildman–Crippen MR) is 66.0 cm³/mol. The molecular weight excluding hydrogens is 222 g/mol. The third kappa shape index (κ3) is 4.01. The summed E-state index contributed by atoms with van der Waals surface area (Å²) >= 11 is 0. The van der Waals surface area contributed by atoms with Gasteiger partial charge >= 0.3 is 0 Å². The minimum absolute atomic E-state index is 0.0591. The molecule has 1 atom stereocenters. The molecule has 0 heterocycles. The molecule has 6 heteroatoms. The first-order valence-corrected chi connectivity index (χ1v) is 5.38. The molecule has 0 fully saturated rings. The number of nitrogens with one attached hydrogen (secondary N) is 2. The Morgan fingerprint density at radius 2 is 2.24 bits per heavy atom. The maximum atomic E-state index is 10.8. The van der Waals surface area contributed by atoms with E-state index in [0.29, 0.717) is 18.8 Å².